The monoisotopic (exact) mass is 453 g/mol. The Morgan fingerprint density at radius 1 is 0.882 bits per heavy atom. The van der Waals surface area contributed by atoms with Crippen LogP contribution in [0.15, 0.2) is 61.6 Å². The van der Waals surface area contributed by atoms with Gasteiger partial charge in [0.1, 0.15) is 29.5 Å². The fraction of sp³-hybridized carbons (Fsp3) is 0.174. The van der Waals surface area contributed by atoms with Crippen molar-refractivity contribution >= 4 is 39.4 Å². The number of para-hydroxylation sites is 1. The van der Waals surface area contributed by atoms with Crippen LogP contribution in [0.5, 0.6) is 0 Å². The van der Waals surface area contributed by atoms with Crippen LogP contribution < -0.4 is 4.90 Å². The molecule has 0 aliphatic carbocycles. The number of benzene rings is 1. The molecule has 1 aromatic carbocycles. The SMILES string of the molecule is O=C(C(=O)N1CCN(c2ncnc3ccccc23)CC1)c1c[nH]c2c(-n3cccn3)ncnc12. The molecule has 1 amide bonds. The molecule has 6 rings (SSSR count). The lowest BCUT2D eigenvalue weighted by Crippen LogP contribution is -2.51. The smallest absolute Gasteiger partial charge is 0.295 e. The van der Waals surface area contributed by atoms with Gasteiger partial charge in [-0.15, -0.1) is 0 Å². The summed E-state index contributed by atoms with van der Waals surface area (Å²) in [5.41, 5.74) is 2.03. The lowest BCUT2D eigenvalue weighted by atomic mass is 10.1. The topological polar surface area (TPSA) is 126 Å². The number of carbonyl (C=O) groups excluding carboxylic acids is 2. The first-order valence-electron chi connectivity index (χ1n) is 10.8. The summed E-state index contributed by atoms with van der Waals surface area (Å²) >= 11 is 0. The van der Waals surface area contributed by atoms with Crippen molar-refractivity contribution in [1.82, 2.24) is 39.6 Å². The van der Waals surface area contributed by atoms with Crippen LogP contribution in [0.3, 0.4) is 0 Å². The van der Waals surface area contributed by atoms with Gasteiger partial charge in [-0.2, -0.15) is 5.10 Å². The van der Waals surface area contributed by atoms with Crippen molar-refractivity contribution in [3.05, 3.63) is 67.1 Å². The third kappa shape index (κ3) is 3.25. The van der Waals surface area contributed by atoms with Gasteiger partial charge in [-0.25, -0.2) is 24.6 Å². The number of Topliss-reactive ketones (excluding diaryl/α,β-unsaturated/α-hetero) is 1. The summed E-state index contributed by atoms with van der Waals surface area (Å²) in [6.07, 6.45) is 7.80. The summed E-state index contributed by atoms with van der Waals surface area (Å²) < 4.78 is 1.58. The molecule has 1 saturated heterocycles. The number of fused-ring (bicyclic) bond motifs is 2. The van der Waals surface area contributed by atoms with Crippen LogP contribution in [0.2, 0.25) is 0 Å². The molecule has 5 aromatic rings. The number of anilines is 1. The molecule has 0 radical (unpaired) electrons. The van der Waals surface area contributed by atoms with Gasteiger partial charge in [-0.05, 0) is 18.2 Å². The average molecular weight is 453 g/mol. The number of amides is 1. The Balaban J connectivity index is 1.21. The molecule has 1 fully saturated rings. The Morgan fingerprint density at radius 3 is 2.50 bits per heavy atom. The lowest BCUT2D eigenvalue weighted by Gasteiger charge is -2.35. The minimum Gasteiger partial charge on any atom is -0.356 e. The van der Waals surface area contributed by atoms with Crippen molar-refractivity contribution in [3.63, 3.8) is 0 Å². The molecule has 4 aromatic heterocycles. The van der Waals surface area contributed by atoms with Crippen molar-refractivity contribution in [2.45, 2.75) is 0 Å². The van der Waals surface area contributed by atoms with Crippen LogP contribution in [-0.2, 0) is 4.79 Å². The van der Waals surface area contributed by atoms with E-state index < -0.39 is 11.7 Å². The maximum atomic E-state index is 13.1. The van der Waals surface area contributed by atoms with E-state index in [0.717, 1.165) is 16.7 Å². The van der Waals surface area contributed by atoms with Gasteiger partial charge in [0, 0.05) is 50.2 Å². The number of aromatic amines is 1. The van der Waals surface area contributed by atoms with Gasteiger partial charge in [-0.1, -0.05) is 12.1 Å². The average Bonchev–Trinajstić information content (AvgIpc) is 3.58. The van der Waals surface area contributed by atoms with Crippen molar-refractivity contribution in [2.75, 3.05) is 31.1 Å². The molecule has 1 N–H and O–H groups in total. The summed E-state index contributed by atoms with van der Waals surface area (Å²) in [7, 11) is 0. The standard InChI is InChI=1S/C23H19N9O2/c33-20(16-12-24-19-18(16)26-14-28-22(19)32-7-3-6-29-32)23(34)31-10-8-30(9-11-31)21-15-4-1-2-5-17(15)25-13-27-21/h1-7,12-14,24H,8-11H2. The van der Waals surface area contributed by atoms with Crippen LogP contribution in [0, 0.1) is 0 Å². The summed E-state index contributed by atoms with van der Waals surface area (Å²) in [6.45, 7) is 1.97. The largest absolute Gasteiger partial charge is 0.356 e. The highest BCUT2D eigenvalue weighted by molar-refractivity contribution is 6.44. The predicted molar refractivity (Wildman–Crippen MR) is 124 cm³/mol. The molecular weight excluding hydrogens is 434 g/mol. The second kappa shape index (κ2) is 8.03. The van der Waals surface area contributed by atoms with E-state index in [9.17, 15) is 9.59 Å². The number of rotatable bonds is 4. The number of nitrogens with one attached hydrogen (secondary N) is 1. The Hall–Kier alpha value is -4.67. The van der Waals surface area contributed by atoms with Gasteiger partial charge >= 0.3 is 0 Å². The first-order chi connectivity index (χ1) is 16.7. The molecule has 11 heteroatoms. The number of aromatic nitrogens is 7. The van der Waals surface area contributed by atoms with Gasteiger partial charge in [0.15, 0.2) is 5.82 Å². The van der Waals surface area contributed by atoms with Crippen LogP contribution in [-0.4, -0.2) is 77.5 Å². The van der Waals surface area contributed by atoms with E-state index in [2.05, 4.69) is 34.9 Å². The highest BCUT2D eigenvalue weighted by Gasteiger charge is 2.30. The number of hydrogen-bond acceptors (Lipinski definition) is 8. The molecule has 0 spiro atoms. The van der Waals surface area contributed by atoms with Crippen molar-refractivity contribution in [3.8, 4) is 5.82 Å². The molecule has 0 atom stereocenters. The van der Waals surface area contributed by atoms with Gasteiger partial charge in [0.25, 0.3) is 11.7 Å². The second-order valence-electron chi connectivity index (χ2n) is 7.90. The zero-order valence-corrected chi connectivity index (χ0v) is 18.0. The minimum atomic E-state index is -0.600. The zero-order chi connectivity index (χ0) is 23.1. The van der Waals surface area contributed by atoms with Crippen molar-refractivity contribution in [1.29, 1.82) is 0 Å². The van der Waals surface area contributed by atoms with Crippen molar-refractivity contribution < 1.29 is 9.59 Å². The van der Waals surface area contributed by atoms with E-state index in [-0.39, 0.29) is 5.56 Å². The molecule has 1 aliphatic rings. The fourth-order valence-electron chi connectivity index (χ4n) is 4.29. The van der Waals surface area contributed by atoms with E-state index in [4.69, 9.17) is 0 Å². The molecule has 34 heavy (non-hydrogen) atoms. The highest BCUT2D eigenvalue weighted by atomic mass is 16.2. The normalized spacial score (nSPS) is 14.1. The van der Waals surface area contributed by atoms with Gasteiger partial charge in [0.2, 0.25) is 0 Å². The zero-order valence-electron chi connectivity index (χ0n) is 18.0. The highest BCUT2D eigenvalue weighted by Crippen LogP contribution is 2.24. The summed E-state index contributed by atoms with van der Waals surface area (Å²) in [5.74, 6) is 0.195. The van der Waals surface area contributed by atoms with E-state index in [1.54, 1.807) is 34.4 Å². The molecule has 0 bridgehead atoms. The number of hydrogen-bond donors (Lipinski definition) is 1. The first kappa shape index (κ1) is 20.0. The maximum Gasteiger partial charge on any atom is 0.295 e. The van der Waals surface area contributed by atoms with Gasteiger partial charge in [-0.3, -0.25) is 9.59 Å². The lowest BCUT2D eigenvalue weighted by molar-refractivity contribution is -0.126. The Kier molecular flexibility index (Phi) is 4.72. The first-order valence-corrected chi connectivity index (χ1v) is 10.8. The number of piperazine rings is 1. The van der Waals surface area contributed by atoms with Gasteiger partial charge in [0.05, 0.1) is 11.1 Å². The quantitative estimate of drug-likeness (QED) is 0.321. The predicted octanol–water partition coefficient (Wildman–Crippen LogP) is 1.62. The van der Waals surface area contributed by atoms with E-state index in [1.165, 1.54) is 12.5 Å². The van der Waals surface area contributed by atoms with Gasteiger partial charge < -0.3 is 14.8 Å². The molecule has 0 saturated carbocycles. The van der Waals surface area contributed by atoms with Crippen LogP contribution in [0.25, 0.3) is 27.8 Å². The summed E-state index contributed by atoms with van der Waals surface area (Å²) in [4.78, 5) is 50.2. The third-order valence-corrected chi connectivity index (χ3v) is 5.99. The fourth-order valence-corrected chi connectivity index (χ4v) is 4.29. The van der Waals surface area contributed by atoms with Crippen LogP contribution in [0.1, 0.15) is 10.4 Å². The molecule has 0 unspecified atom stereocenters. The summed E-state index contributed by atoms with van der Waals surface area (Å²) in [5, 5.41) is 5.15. The van der Waals surface area contributed by atoms with E-state index in [0.29, 0.717) is 43.0 Å². The number of ketones is 1. The molecule has 11 nitrogen and oxygen atoms in total. The Morgan fingerprint density at radius 2 is 1.68 bits per heavy atom. The maximum absolute atomic E-state index is 13.1. The van der Waals surface area contributed by atoms with Crippen LogP contribution >= 0.6 is 0 Å². The number of nitrogens with zero attached hydrogens (tertiary/aromatic N) is 8. The Bertz CT molecular complexity index is 1510. The molecule has 5 heterocycles. The minimum absolute atomic E-state index is 0.222. The number of carbonyl (C=O) groups is 2. The summed E-state index contributed by atoms with van der Waals surface area (Å²) in [6, 6.07) is 9.60. The van der Waals surface area contributed by atoms with Crippen molar-refractivity contribution in [2.24, 2.45) is 0 Å². The molecule has 168 valence electrons. The van der Waals surface area contributed by atoms with Crippen LogP contribution in [0.4, 0.5) is 5.82 Å². The molecule has 1 aliphatic heterocycles. The van der Waals surface area contributed by atoms with E-state index in [1.807, 2.05) is 24.3 Å². The van der Waals surface area contributed by atoms with E-state index >= 15 is 0 Å². The Labute approximate surface area is 193 Å². The molecular formula is C23H19N9O2. The second-order valence-corrected chi connectivity index (χ2v) is 7.90. The third-order valence-electron chi connectivity index (χ3n) is 5.99. The number of H-pyrrole nitrogens is 1.